The first kappa shape index (κ1) is 14.5. The molecule has 2 fully saturated rings. The van der Waals surface area contributed by atoms with Crippen molar-refractivity contribution >= 4 is 17.5 Å². The van der Waals surface area contributed by atoms with Crippen LogP contribution in [0.25, 0.3) is 0 Å². The molecule has 120 valence electrons. The van der Waals surface area contributed by atoms with Gasteiger partial charge < -0.3 is 4.74 Å². The molecule has 2 amide bonds. The van der Waals surface area contributed by atoms with Crippen LogP contribution < -0.4 is 9.64 Å². The maximum atomic E-state index is 12.7. The smallest absolute Gasteiger partial charge is 0.238 e. The largest absolute Gasteiger partial charge is 0.494 e. The van der Waals surface area contributed by atoms with E-state index in [0.717, 1.165) is 25.0 Å². The molecule has 23 heavy (non-hydrogen) atoms. The Morgan fingerprint density at radius 1 is 1.04 bits per heavy atom. The summed E-state index contributed by atoms with van der Waals surface area (Å²) in [5.74, 6) is 0.943. The van der Waals surface area contributed by atoms with Gasteiger partial charge in [0.15, 0.2) is 0 Å². The molecule has 4 atom stereocenters. The first-order chi connectivity index (χ1) is 11.2. The minimum atomic E-state index is -0.141. The molecule has 1 saturated heterocycles. The SMILES string of the molecule is CCCCOc1ccc(N2C(=O)[C@H]3[C@H](C2=O)[C@@H]2C=C[C@@H]3C2)cc1. The molecule has 4 nitrogen and oxygen atoms in total. The van der Waals surface area contributed by atoms with Crippen molar-refractivity contribution in [1.82, 2.24) is 0 Å². The maximum absolute atomic E-state index is 12.7. The lowest BCUT2D eigenvalue weighted by Crippen LogP contribution is -2.32. The second-order valence-corrected chi connectivity index (χ2v) is 6.71. The minimum Gasteiger partial charge on any atom is -0.494 e. The van der Waals surface area contributed by atoms with Gasteiger partial charge in [-0.25, -0.2) is 0 Å². The second-order valence-electron chi connectivity index (χ2n) is 6.71. The van der Waals surface area contributed by atoms with Crippen LogP contribution in [0.5, 0.6) is 5.75 Å². The molecule has 0 unspecified atom stereocenters. The topological polar surface area (TPSA) is 46.6 Å². The average molecular weight is 311 g/mol. The molecule has 1 heterocycles. The number of hydrogen-bond donors (Lipinski definition) is 0. The number of amides is 2. The highest BCUT2D eigenvalue weighted by molar-refractivity contribution is 6.22. The van der Waals surface area contributed by atoms with Crippen molar-refractivity contribution in [2.45, 2.75) is 26.2 Å². The summed E-state index contributed by atoms with van der Waals surface area (Å²) >= 11 is 0. The normalized spacial score (nSPS) is 31.1. The molecule has 0 N–H and O–H groups in total. The summed E-state index contributed by atoms with van der Waals surface area (Å²) in [5.41, 5.74) is 0.664. The highest BCUT2D eigenvalue weighted by Gasteiger charge is 2.59. The van der Waals surface area contributed by atoms with Crippen molar-refractivity contribution < 1.29 is 14.3 Å². The van der Waals surface area contributed by atoms with Crippen molar-refractivity contribution in [1.29, 1.82) is 0 Å². The van der Waals surface area contributed by atoms with Crippen molar-refractivity contribution in [3.05, 3.63) is 36.4 Å². The second kappa shape index (κ2) is 5.52. The Balaban J connectivity index is 1.52. The molecule has 4 heteroatoms. The number of nitrogens with zero attached hydrogens (tertiary/aromatic N) is 1. The van der Waals surface area contributed by atoms with Gasteiger partial charge in [0.2, 0.25) is 11.8 Å². The third-order valence-corrected chi connectivity index (χ3v) is 5.33. The number of allylic oxidation sites excluding steroid dienone is 2. The van der Waals surface area contributed by atoms with Crippen molar-refractivity contribution in [2.75, 3.05) is 11.5 Å². The van der Waals surface area contributed by atoms with E-state index < -0.39 is 0 Å². The molecule has 0 aromatic heterocycles. The number of ether oxygens (including phenoxy) is 1. The molecule has 0 spiro atoms. The molecular formula is C19H21NO3. The number of hydrogen-bond acceptors (Lipinski definition) is 3. The van der Waals surface area contributed by atoms with Crippen LogP contribution in [0.3, 0.4) is 0 Å². The van der Waals surface area contributed by atoms with Crippen LogP contribution >= 0.6 is 0 Å². The Morgan fingerprint density at radius 2 is 1.65 bits per heavy atom. The zero-order valence-electron chi connectivity index (χ0n) is 13.3. The quantitative estimate of drug-likeness (QED) is 0.477. The summed E-state index contributed by atoms with van der Waals surface area (Å²) in [6.07, 6.45) is 7.30. The summed E-state index contributed by atoms with van der Waals surface area (Å²) in [7, 11) is 0. The maximum Gasteiger partial charge on any atom is 0.238 e. The standard InChI is InChI=1S/C19H21NO3/c1-2-3-10-23-15-8-6-14(7-9-15)20-18(21)16-12-4-5-13(11-12)17(16)19(20)22/h4-9,12-13,16-17H,2-3,10-11H2,1H3/t12-,13-,16-,17-/m1/s1. The van der Waals surface area contributed by atoms with Gasteiger partial charge >= 0.3 is 0 Å². The Morgan fingerprint density at radius 3 is 2.22 bits per heavy atom. The third kappa shape index (κ3) is 2.19. The van der Waals surface area contributed by atoms with Crippen LogP contribution in [0.4, 0.5) is 5.69 Å². The van der Waals surface area contributed by atoms with Gasteiger partial charge in [-0.05, 0) is 48.9 Å². The summed E-state index contributed by atoms with van der Waals surface area (Å²) in [4.78, 5) is 26.8. The van der Waals surface area contributed by atoms with E-state index in [0.29, 0.717) is 12.3 Å². The zero-order chi connectivity index (χ0) is 16.0. The number of imide groups is 1. The summed E-state index contributed by atoms with van der Waals surface area (Å²) < 4.78 is 5.64. The van der Waals surface area contributed by atoms with E-state index in [2.05, 4.69) is 19.1 Å². The van der Waals surface area contributed by atoms with E-state index in [1.54, 1.807) is 0 Å². The summed E-state index contributed by atoms with van der Waals surface area (Å²) in [6, 6.07) is 7.31. The number of rotatable bonds is 5. The Bertz CT molecular complexity index is 634. The van der Waals surface area contributed by atoms with Gasteiger partial charge in [0.05, 0.1) is 24.1 Å². The van der Waals surface area contributed by atoms with Gasteiger partial charge in [0, 0.05) is 0 Å². The van der Waals surface area contributed by atoms with E-state index in [-0.39, 0.29) is 35.5 Å². The van der Waals surface area contributed by atoms with Gasteiger partial charge in [-0.2, -0.15) is 0 Å². The monoisotopic (exact) mass is 311 g/mol. The molecule has 0 radical (unpaired) electrons. The van der Waals surface area contributed by atoms with Gasteiger partial charge in [-0.15, -0.1) is 0 Å². The third-order valence-electron chi connectivity index (χ3n) is 5.33. The lowest BCUT2D eigenvalue weighted by molar-refractivity contribution is -0.123. The van der Waals surface area contributed by atoms with Crippen LogP contribution in [0.1, 0.15) is 26.2 Å². The molecular weight excluding hydrogens is 290 g/mol. The van der Waals surface area contributed by atoms with Gasteiger partial charge in [-0.3, -0.25) is 14.5 Å². The number of carbonyl (C=O) groups is 2. The molecule has 1 aromatic rings. The molecule has 1 saturated carbocycles. The predicted octanol–water partition coefficient (Wildman–Crippen LogP) is 3.18. The number of anilines is 1. The van der Waals surface area contributed by atoms with Gasteiger partial charge in [0.1, 0.15) is 5.75 Å². The Kier molecular flexibility index (Phi) is 3.47. The van der Waals surface area contributed by atoms with E-state index in [9.17, 15) is 9.59 Å². The lowest BCUT2D eigenvalue weighted by Gasteiger charge is -2.17. The van der Waals surface area contributed by atoms with Crippen molar-refractivity contribution in [3.63, 3.8) is 0 Å². The fourth-order valence-electron chi connectivity index (χ4n) is 4.18. The summed E-state index contributed by atoms with van der Waals surface area (Å²) in [5, 5.41) is 0. The summed E-state index contributed by atoms with van der Waals surface area (Å²) in [6.45, 7) is 2.81. The van der Waals surface area contributed by atoms with Crippen LogP contribution in [-0.4, -0.2) is 18.4 Å². The Labute approximate surface area is 136 Å². The molecule has 3 aliphatic rings. The van der Waals surface area contributed by atoms with Crippen LogP contribution in [0, 0.1) is 23.7 Å². The molecule has 1 aliphatic heterocycles. The highest BCUT2D eigenvalue weighted by atomic mass is 16.5. The van der Waals surface area contributed by atoms with E-state index >= 15 is 0 Å². The zero-order valence-corrected chi connectivity index (χ0v) is 13.3. The Hall–Kier alpha value is -2.10. The average Bonchev–Trinajstić information content (AvgIpc) is 3.23. The molecule has 2 aliphatic carbocycles. The van der Waals surface area contributed by atoms with E-state index in [1.807, 2.05) is 24.3 Å². The minimum absolute atomic E-state index is 0.0310. The highest BCUT2D eigenvalue weighted by Crippen LogP contribution is 2.53. The molecule has 1 aromatic carbocycles. The van der Waals surface area contributed by atoms with Crippen LogP contribution in [0.2, 0.25) is 0 Å². The van der Waals surface area contributed by atoms with Gasteiger partial charge in [-0.1, -0.05) is 25.5 Å². The number of carbonyl (C=O) groups excluding carboxylic acids is 2. The van der Waals surface area contributed by atoms with E-state index in [1.165, 1.54) is 4.90 Å². The van der Waals surface area contributed by atoms with Crippen molar-refractivity contribution in [3.8, 4) is 5.75 Å². The number of fused-ring (bicyclic) bond motifs is 5. The fraction of sp³-hybridized carbons (Fsp3) is 0.474. The van der Waals surface area contributed by atoms with Crippen molar-refractivity contribution in [2.24, 2.45) is 23.7 Å². The van der Waals surface area contributed by atoms with Gasteiger partial charge in [0.25, 0.3) is 0 Å². The lowest BCUT2D eigenvalue weighted by atomic mass is 9.85. The molecule has 2 bridgehead atoms. The fourth-order valence-corrected chi connectivity index (χ4v) is 4.18. The first-order valence-electron chi connectivity index (χ1n) is 8.49. The molecule has 4 rings (SSSR count). The number of benzene rings is 1. The van der Waals surface area contributed by atoms with Crippen LogP contribution in [0.15, 0.2) is 36.4 Å². The number of unbranched alkanes of at least 4 members (excludes halogenated alkanes) is 1. The van der Waals surface area contributed by atoms with Crippen LogP contribution in [-0.2, 0) is 9.59 Å². The first-order valence-corrected chi connectivity index (χ1v) is 8.49. The van der Waals surface area contributed by atoms with E-state index in [4.69, 9.17) is 4.74 Å². The predicted molar refractivity (Wildman–Crippen MR) is 87.1 cm³/mol.